The van der Waals surface area contributed by atoms with E-state index in [1.54, 1.807) is 7.11 Å². The maximum absolute atomic E-state index is 6.20. The number of ether oxygens (including phenoxy) is 1. The van der Waals surface area contributed by atoms with Crippen LogP contribution in [0, 0.1) is 6.92 Å². The summed E-state index contributed by atoms with van der Waals surface area (Å²) in [6.45, 7) is 5.78. The Bertz CT molecular complexity index is 335. The van der Waals surface area contributed by atoms with Gasteiger partial charge in [0.25, 0.3) is 0 Å². The minimum atomic E-state index is 0.405. The van der Waals surface area contributed by atoms with Gasteiger partial charge in [0, 0.05) is 24.7 Å². The highest BCUT2D eigenvalue weighted by atomic mass is 35.5. The van der Waals surface area contributed by atoms with E-state index in [-0.39, 0.29) is 0 Å². The van der Waals surface area contributed by atoms with Crippen LogP contribution in [0.4, 0.5) is 0 Å². The van der Waals surface area contributed by atoms with Gasteiger partial charge >= 0.3 is 0 Å². The number of methoxy groups -OCH3 is 1. The minimum absolute atomic E-state index is 0.405. The van der Waals surface area contributed by atoms with Crippen molar-refractivity contribution >= 4 is 11.6 Å². The molecule has 0 aliphatic rings. The van der Waals surface area contributed by atoms with Crippen LogP contribution in [0.1, 0.15) is 30.9 Å². The summed E-state index contributed by atoms with van der Waals surface area (Å²) >= 11 is 6.20. The van der Waals surface area contributed by atoms with Crippen LogP contribution in [-0.2, 0) is 11.3 Å². The molecule has 0 radical (unpaired) electrons. The molecule has 1 atom stereocenters. The Labute approximate surface area is 109 Å². The van der Waals surface area contributed by atoms with Gasteiger partial charge in [0.05, 0.1) is 6.61 Å². The van der Waals surface area contributed by atoms with E-state index in [1.807, 2.05) is 13.0 Å². The molecule has 0 amide bonds. The van der Waals surface area contributed by atoms with Gasteiger partial charge in [0.2, 0.25) is 0 Å². The van der Waals surface area contributed by atoms with E-state index in [0.717, 1.165) is 36.6 Å². The molecule has 0 aliphatic heterocycles. The van der Waals surface area contributed by atoms with Gasteiger partial charge in [-0.1, -0.05) is 37.1 Å². The van der Waals surface area contributed by atoms with Crippen LogP contribution in [0.5, 0.6) is 0 Å². The fourth-order valence-electron chi connectivity index (χ4n) is 1.84. The standard InChI is InChI=1S/C14H22ClNO/c1-4-5-13(10-17-3)16-9-12-7-6-11(2)8-14(12)15/h6-8,13,16H,4-5,9-10H2,1-3H3. The molecule has 0 bridgehead atoms. The smallest absolute Gasteiger partial charge is 0.0615 e. The number of rotatable bonds is 7. The third-order valence-corrected chi connectivity index (χ3v) is 3.15. The zero-order valence-electron chi connectivity index (χ0n) is 10.9. The molecule has 0 fully saturated rings. The summed E-state index contributed by atoms with van der Waals surface area (Å²) in [5.41, 5.74) is 2.34. The molecule has 1 unspecified atom stereocenters. The average Bonchev–Trinajstić information content (AvgIpc) is 2.28. The third-order valence-electron chi connectivity index (χ3n) is 2.79. The monoisotopic (exact) mass is 255 g/mol. The van der Waals surface area contributed by atoms with Crippen molar-refractivity contribution in [3.63, 3.8) is 0 Å². The Hall–Kier alpha value is -0.570. The lowest BCUT2D eigenvalue weighted by molar-refractivity contribution is 0.161. The molecular weight excluding hydrogens is 234 g/mol. The van der Waals surface area contributed by atoms with Gasteiger partial charge in [-0.15, -0.1) is 0 Å². The summed E-state index contributed by atoms with van der Waals surface area (Å²) in [6, 6.07) is 6.58. The molecule has 1 aromatic carbocycles. The summed E-state index contributed by atoms with van der Waals surface area (Å²) in [5, 5.41) is 4.33. The zero-order chi connectivity index (χ0) is 12.7. The van der Waals surface area contributed by atoms with E-state index in [4.69, 9.17) is 16.3 Å². The van der Waals surface area contributed by atoms with Crippen LogP contribution in [0.25, 0.3) is 0 Å². The number of aryl methyl sites for hydroxylation is 1. The maximum atomic E-state index is 6.20. The largest absolute Gasteiger partial charge is 0.383 e. The van der Waals surface area contributed by atoms with Crippen molar-refractivity contribution in [2.45, 2.75) is 39.3 Å². The minimum Gasteiger partial charge on any atom is -0.383 e. The van der Waals surface area contributed by atoms with Crippen molar-refractivity contribution in [2.24, 2.45) is 0 Å². The Morgan fingerprint density at radius 1 is 1.41 bits per heavy atom. The number of hydrogen-bond donors (Lipinski definition) is 1. The van der Waals surface area contributed by atoms with Crippen LogP contribution >= 0.6 is 11.6 Å². The highest BCUT2D eigenvalue weighted by Gasteiger charge is 2.07. The van der Waals surface area contributed by atoms with E-state index in [2.05, 4.69) is 24.4 Å². The molecule has 3 heteroatoms. The van der Waals surface area contributed by atoms with Crippen LogP contribution in [0.15, 0.2) is 18.2 Å². The molecule has 0 saturated heterocycles. The number of nitrogens with one attached hydrogen (secondary N) is 1. The van der Waals surface area contributed by atoms with E-state index < -0.39 is 0 Å². The summed E-state index contributed by atoms with van der Waals surface area (Å²) in [6.07, 6.45) is 2.28. The first kappa shape index (κ1) is 14.5. The normalized spacial score (nSPS) is 12.7. The van der Waals surface area contributed by atoms with Gasteiger partial charge < -0.3 is 10.1 Å². The number of halogens is 1. The van der Waals surface area contributed by atoms with Gasteiger partial charge in [0.1, 0.15) is 0 Å². The highest BCUT2D eigenvalue weighted by molar-refractivity contribution is 6.31. The second kappa shape index (κ2) is 7.70. The first-order chi connectivity index (χ1) is 8.17. The molecule has 0 saturated carbocycles. The third kappa shape index (κ3) is 5.07. The molecule has 1 N–H and O–H groups in total. The molecule has 0 aromatic heterocycles. The van der Waals surface area contributed by atoms with Crippen molar-refractivity contribution in [3.05, 3.63) is 34.3 Å². The fourth-order valence-corrected chi connectivity index (χ4v) is 2.15. The van der Waals surface area contributed by atoms with Crippen molar-refractivity contribution in [3.8, 4) is 0 Å². The zero-order valence-corrected chi connectivity index (χ0v) is 11.7. The van der Waals surface area contributed by atoms with Gasteiger partial charge in [0.15, 0.2) is 0 Å². The average molecular weight is 256 g/mol. The lowest BCUT2D eigenvalue weighted by atomic mass is 10.1. The molecular formula is C14H22ClNO. The summed E-state index contributed by atoms with van der Waals surface area (Å²) < 4.78 is 5.20. The quantitative estimate of drug-likeness (QED) is 0.805. The number of hydrogen-bond acceptors (Lipinski definition) is 2. The van der Waals surface area contributed by atoms with Crippen molar-refractivity contribution in [1.29, 1.82) is 0 Å². The van der Waals surface area contributed by atoms with E-state index in [1.165, 1.54) is 5.56 Å². The fraction of sp³-hybridized carbons (Fsp3) is 0.571. The van der Waals surface area contributed by atoms with Crippen molar-refractivity contribution in [1.82, 2.24) is 5.32 Å². The second-order valence-corrected chi connectivity index (χ2v) is 4.82. The second-order valence-electron chi connectivity index (χ2n) is 4.42. The Balaban J connectivity index is 2.52. The lowest BCUT2D eigenvalue weighted by Gasteiger charge is -2.17. The molecule has 0 spiro atoms. The molecule has 17 heavy (non-hydrogen) atoms. The van der Waals surface area contributed by atoms with E-state index in [0.29, 0.717) is 6.04 Å². The Morgan fingerprint density at radius 3 is 2.76 bits per heavy atom. The van der Waals surface area contributed by atoms with Gasteiger partial charge in [-0.05, 0) is 30.5 Å². The Kier molecular flexibility index (Phi) is 6.56. The lowest BCUT2D eigenvalue weighted by Crippen LogP contribution is -2.32. The van der Waals surface area contributed by atoms with Crippen molar-refractivity contribution < 1.29 is 4.74 Å². The topological polar surface area (TPSA) is 21.3 Å². The predicted molar refractivity (Wildman–Crippen MR) is 73.6 cm³/mol. The van der Waals surface area contributed by atoms with E-state index >= 15 is 0 Å². The van der Waals surface area contributed by atoms with Crippen molar-refractivity contribution in [2.75, 3.05) is 13.7 Å². The predicted octanol–water partition coefficient (Wildman–Crippen LogP) is 3.55. The van der Waals surface area contributed by atoms with Gasteiger partial charge in [-0.2, -0.15) is 0 Å². The summed E-state index contributed by atoms with van der Waals surface area (Å²) in [7, 11) is 1.74. The van der Waals surface area contributed by atoms with Gasteiger partial charge in [-0.25, -0.2) is 0 Å². The Morgan fingerprint density at radius 2 is 2.18 bits per heavy atom. The molecule has 0 heterocycles. The van der Waals surface area contributed by atoms with Gasteiger partial charge in [-0.3, -0.25) is 0 Å². The summed E-state index contributed by atoms with van der Waals surface area (Å²) in [4.78, 5) is 0. The van der Waals surface area contributed by atoms with Crippen LogP contribution < -0.4 is 5.32 Å². The first-order valence-electron chi connectivity index (χ1n) is 6.14. The van der Waals surface area contributed by atoms with Crippen LogP contribution in [-0.4, -0.2) is 19.8 Å². The first-order valence-corrected chi connectivity index (χ1v) is 6.52. The molecule has 96 valence electrons. The molecule has 1 aromatic rings. The van der Waals surface area contributed by atoms with Crippen LogP contribution in [0.2, 0.25) is 5.02 Å². The van der Waals surface area contributed by atoms with Crippen LogP contribution in [0.3, 0.4) is 0 Å². The molecule has 1 rings (SSSR count). The maximum Gasteiger partial charge on any atom is 0.0615 e. The number of benzene rings is 1. The SMILES string of the molecule is CCCC(COC)NCc1ccc(C)cc1Cl. The highest BCUT2D eigenvalue weighted by Crippen LogP contribution is 2.17. The molecule has 2 nitrogen and oxygen atoms in total. The summed E-state index contributed by atoms with van der Waals surface area (Å²) in [5.74, 6) is 0. The van der Waals surface area contributed by atoms with E-state index in [9.17, 15) is 0 Å². The molecule has 0 aliphatic carbocycles.